The van der Waals surface area contributed by atoms with Crippen molar-refractivity contribution in [2.24, 2.45) is 0 Å². The zero-order valence-electron chi connectivity index (χ0n) is 9.48. The first-order valence-corrected chi connectivity index (χ1v) is 6.30. The highest BCUT2D eigenvalue weighted by Gasteiger charge is 2.23. The van der Waals surface area contributed by atoms with E-state index in [4.69, 9.17) is 9.84 Å². The largest absolute Gasteiger partial charge is 0.483 e. The number of carboxylic acid groups (broad SMARTS) is 1. The molecule has 1 aromatic carbocycles. The van der Waals surface area contributed by atoms with Crippen LogP contribution in [-0.4, -0.2) is 29.6 Å². The standard InChI is InChI=1S/C12H12BrNO4/c13-7-1-4-10(9(5-7)12(16)17)18-6-11(15)14-8-2-3-8/h1,4-5,8H,2-3,6H2,(H,14,15)(H,16,17). The van der Waals surface area contributed by atoms with E-state index in [1.54, 1.807) is 6.07 Å². The van der Waals surface area contributed by atoms with Gasteiger partial charge in [0.05, 0.1) is 0 Å². The Balaban J connectivity index is 1.99. The van der Waals surface area contributed by atoms with E-state index in [1.807, 2.05) is 0 Å². The molecule has 0 aliphatic heterocycles. The summed E-state index contributed by atoms with van der Waals surface area (Å²) in [5.41, 5.74) is 0.0311. The number of benzene rings is 1. The van der Waals surface area contributed by atoms with Crippen molar-refractivity contribution in [3.05, 3.63) is 28.2 Å². The fourth-order valence-electron chi connectivity index (χ4n) is 1.44. The van der Waals surface area contributed by atoms with Crippen LogP contribution in [-0.2, 0) is 4.79 Å². The van der Waals surface area contributed by atoms with Crippen molar-refractivity contribution in [1.29, 1.82) is 0 Å². The van der Waals surface area contributed by atoms with Gasteiger partial charge >= 0.3 is 5.97 Å². The lowest BCUT2D eigenvalue weighted by molar-refractivity contribution is -0.123. The van der Waals surface area contributed by atoms with Gasteiger partial charge in [0, 0.05) is 10.5 Å². The molecule has 0 radical (unpaired) electrons. The second kappa shape index (κ2) is 5.39. The second-order valence-electron chi connectivity index (χ2n) is 4.08. The van der Waals surface area contributed by atoms with E-state index in [0.29, 0.717) is 4.47 Å². The first kappa shape index (κ1) is 12.9. The Labute approximate surface area is 112 Å². The lowest BCUT2D eigenvalue weighted by Gasteiger charge is -2.09. The summed E-state index contributed by atoms with van der Waals surface area (Å²) in [5, 5.41) is 11.8. The third-order valence-corrected chi connectivity index (χ3v) is 2.97. The Morgan fingerprint density at radius 2 is 2.17 bits per heavy atom. The Kier molecular flexibility index (Phi) is 3.86. The highest BCUT2D eigenvalue weighted by atomic mass is 79.9. The van der Waals surface area contributed by atoms with Gasteiger partial charge in [-0.1, -0.05) is 15.9 Å². The Hall–Kier alpha value is -1.56. The summed E-state index contributed by atoms with van der Waals surface area (Å²) < 4.78 is 5.88. The number of carbonyl (C=O) groups is 2. The van der Waals surface area contributed by atoms with Gasteiger partial charge in [-0.2, -0.15) is 0 Å². The van der Waals surface area contributed by atoms with E-state index in [9.17, 15) is 9.59 Å². The number of hydrogen-bond acceptors (Lipinski definition) is 3. The minimum absolute atomic E-state index is 0.0311. The maximum atomic E-state index is 11.4. The van der Waals surface area contributed by atoms with Crippen molar-refractivity contribution in [2.75, 3.05) is 6.61 Å². The van der Waals surface area contributed by atoms with Crippen LogP contribution in [0.15, 0.2) is 22.7 Å². The summed E-state index contributed by atoms with van der Waals surface area (Å²) in [6.45, 7) is -0.168. The van der Waals surface area contributed by atoms with Gasteiger partial charge in [-0.15, -0.1) is 0 Å². The number of nitrogens with one attached hydrogen (secondary N) is 1. The van der Waals surface area contributed by atoms with Crippen LogP contribution >= 0.6 is 15.9 Å². The van der Waals surface area contributed by atoms with Crippen LogP contribution in [0.25, 0.3) is 0 Å². The maximum Gasteiger partial charge on any atom is 0.339 e. The third kappa shape index (κ3) is 3.46. The number of hydrogen-bond donors (Lipinski definition) is 2. The molecule has 0 bridgehead atoms. The Bertz CT molecular complexity index is 485. The molecule has 5 nitrogen and oxygen atoms in total. The second-order valence-corrected chi connectivity index (χ2v) is 4.99. The SMILES string of the molecule is O=C(COc1ccc(Br)cc1C(=O)O)NC1CC1. The van der Waals surface area contributed by atoms with Crippen molar-refractivity contribution in [2.45, 2.75) is 18.9 Å². The lowest BCUT2D eigenvalue weighted by Crippen LogP contribution is -2.30. The number of amides is 1. The predicted molar refractivity (Wildman–Crippen MR) is 67.8 cm³/mol. The van der Waals surface area contributed by atoms with Crippen molar-refractivity contribution in [3.8, 4) is 5.75 Å². The molecule has 0 saturated heterocycles. The topological polar surface area (TPSA) is 75.6 Å². The van der Waals surface area contributed by atoms with Gasteiger partial charge in [0.25, 0.3) is 5.91 Å². The molecule has 0 spiro atoms. The quantitative estimate of drug-likeness (QED) is 0.869. The molecule has 6 heteroatoms. The van der Waals surface area contributed by atoms with E-state index in [0.717, 1.165) is 12.8 Å². The maximum absolute atomic E-state index is 11.4. The Morgan fingerprint density at radius 1 is 1.44 bits per heavy atom. The summed E-state index contributed by atoms with van der Waals surface area (Å²) in [4.78, 5) is 22.4. The minimum Gasteiger partial charge on any atom is -0.483 e. The third-order valence-electron chi connectivity index (χ3n) is 2.47. The molecule has 1 saturated carbocycles. The minimum atomic E-state index is -1.09. The van der Waals surface area contributed by atoms with Crippen LogP contribution in [0, 0.1) is 0 Å². The van der Waals surface area contributed by atoms with Gasteiger partial charge in [0.15, 0.2) is 6.61 Å². The highest BCUT2D eigenvalue weighted by molar-refractivity contribution is 9.10. The molecule has 0 atom stereocenters. The van der Waals surface area contributed by atoms with Gasteiger partial charge in [0.2, 0.25) is 0 Å². The molecule has 1 amide bonds. The first-order chi connectivity index (χ1) is 8.56. The van der Waals surface area contributed by atoms with Gasteiger partial charge in [0.1, 0.15) is 11.3 Å². The van der Waals surface area contributed by atoms with Crippen LogP contribution in [0.2, 0.25) is 0 Å². The molecule has 1 fully saturated rings. The van der Waals surface area contributed by atoms with E-state index in [2.05, 4.69) is 21.2 Å². The van der Waals surface area contributed by atoms with Gasteiger partial charge in [-0.25, -0.2) is 4.79 Å². The van der Waals surface area contributed by atoms with Crippen molar-refractivity contribution in [1.82, 2.24) is 5.32 Å². The van der Waals surface area contributed by atoms with E-state index in [1.165, 1.54) is 12.1 Å². The molecule has 0 aromatic heterocycles. The molecular formula is C12H12BrNO4. The molecule has 18 heavy (non-hydrogen) atoms. The van der Waals surface area contributed by atoms with Crippen molar-refractivity contribution >= 4 is 27.8 Å². The van der Waals surface area contributed by atoms with Crippen molar-refractivity contribution in [3.63, 3.8) is 0 Å². The van der Waals surface area contributed by atoms with Crippen LogP contribution in [0.5, 0.6) is 5.75 Å². The number of rotatable bonds is 5. The molecule has 0 unspecified atom stereocenters. The Morgan fingerprint density at radius 3 is 2.78 bits per heavy atom. The number of aromatic carboxylic acids is 1. The van der Waals surface area contributed by atoms with Crippen LogP contribution in [0.3, 0.4) is 0 Å². The zero-order valence-corrected chi connectivity index (χ0v) is 11.1. The number of carboxylic acids is 1. The number of halogens is 1. The van der Waals surface area contributed by atoms with Gasteiger partial charge < -0.3 is 15.2 Å². The normalized spacial score (nSPS) is 14.1. The molecule has 1 aliphatic rings. The summed E-state index contributed by atoms with van der Waals surface area (Å²) in [6.07, 6.45) is 2.01. The summed E-state index contributed by atoms with van der Waals surface area (Å²) in [7, 11) is 0. The first-order valence-electron chi connectivity index (χ1n) is 5.51. The van der Waals surface area contributed by atoms with Crippen molar-refractivity contribution < 1.29 is 19.4 Å². The van der Waals surface area contributed by atoms with E-state index in [-0.39, 0.29) is 29.9 Å². The average Bonchev–Trinajstić information content (AvgIpc) is 3.11. The zero-order chi connectivity index (χ0) is 13.1. The van der Waals surface area contributed by atoms with Crippen LogP contribution < -0.4 is 10.1 Å². The molecular weight excluding hydrogens is 302 g/mol. The van der Waals surface area contributed by atoms with Crippen LogP contribution in [0.4, 0.5) is 0 Å². The number of ether oxygens (including phenoxy) is 1. The average molecular weight is 314 g/mol. The van der Waals surface area contributed by atoms with Gasteiger partial charge in [-0.3, -0.25) is 4.79 Å². The van der Waals surface area contributed by atoms with E-state index < -0.39 is 5.97 Å². The smallest absolute Gasteiger partial charge is 0.339 e. The van der Waals surface area contributed by atoms with Crippen LogP contribution in [0.1, 0.15) is 23.2 Å². The molecule has 0 heterocycles. The molecule has 96 valence electrons. The molecule has 1 aromatic rings. The summed E-state index contributed by atoms with van der Waals surface area (Å²) in [6, 6.07) is 4.90. The van der Waals surface area contributed by atoms with E-state index >= 15 is 0 Å². The monoisotopic (exact) mass is 313 g/mol. The fourth-order valence-corrected chi connectivity index (χ4v) is 1.80. The van der Waals surface area contributed by atoms with Gasteiger partial charge in [-0.05, 0) is 31.0 Å². The predicted octanol–water partition coefficient (Wildman–Crippen LogP) is 1.80. The summed E-state index contributed by atoms with van der Waals surface area (Å²) >= 11 is 3.19. The summed E-state index contributed by atoms with van der Waals surface area (Å²) in [5.74, 6) is -1.12. The fraction of sp³-hybridized carbons (Fsp3) is 0.333. The molecule has 2 rings (SSSR count). The molecule has 1 aliphatic carbocycles. The number of carbonyl (C=O) groups excluding carboxylic acids is 1. The highest BCUT2D eigenvalue weighted by Crippen LogP contribution is 2.23. The lowest BCUT2D eigenvalue weighted by atomic mass is 10.2. The molecule has 2 N–H and O–H groups in total.